The van der Waals surface area contributed by atoms with Gasteiger partial charge in [-0.05, 0) is 49.0 Å². The maximum atomic E-state index is 12.7. The predicted octanol–water partition coefficient (Wildman–Crippen LogP) is 2.61. The highest BCUT2D eigenvalue weighted by atomic mass is 32.2. The van der Waals surface area contributed by atoms with Crippen LogP contribution in [0.15, 0.2) is 39.9 Å². The predicted molar refractivity (Wildman–Crippen MR) is 112 cm³/mol. The van der Waals surface area contributed by atoms with Gasteiger partial charge in [0.1, 0.15) is 5.76 Å². The number of nitrogens with one attached hydrogen (secondary N) is 1. The summed E-state index contributed by atoms with van der Waals surface area (Å²) in [5.74, 6) is -1.12. The van der Waals surface area contributed by atoms with Gasteiger partial charge in [-0.2, -0.15) is 5.01 Å². The number of hydrogen-bond acceptors (Lipinski definition) is 8. The molecule has 0 spiro atoms. The zero-order chi connectivity index (χ0) is 21.8. The van der Waals surface area contributed by atoms with E-state index in [1.807, 2.05) is 0 Å². The molecule has 0 bridgehead atoms. The van der Waals surface area contributed by atoms with E-state index in [4.69, 9.17) is 31.2 Å². The normalized spacial score (nSPS) is 14.9. The maximum Gasteiger partial charge on any atom is 0.341 e. The van der Waals surface area contributed by atoms with Gasteiger partial charge in [0, 0.05) is 0 Å². The van der Waals surface area contributed by atoms with Crippen molar-refractivity contribution < 1.29 is 33.4 Å². The lowest BCUT2D eigenvalue weighted by Crippen LogP contribution is -2.44. The minimum absolute atomic E-state index is 0.175. The molecule has 2 heterocycles. The van der Waals surface area contributed by atoms with Crippen molar-refractivity contribution >= 4 is 52.2 Å². The van der Waals surface area contributed by atoms with E-state index in [-0.39, 0.29) is 10.1 Å². The summed E-state index contributed by atoms with van der Waals surface area (Å²) in [6.07, 6.45) is 2.96. The van der Waals surface area contributed by atoms with Gasteiger partial charge in [0.2, 0.25) is 0 Å². The molecule has 156 valence electrons. The van der Waals surface area contributed by atoms with Crippen LogP contribution in [0.1, 0.15) is 21.7 Å². The summed E-state index contributed by atoms with van der Waals surface area (Å²) in [7, 11) is 1.42. The third kappa shape index (κ3) is 4.63. The van der Waals surface area contributed by atoms with Crippen LogP contribution in [0.25, 0.3) is 6.08 Å². The summed E-state index contributed by atoms with van der Waals surface area (Å²) < 4.78 is 15.6. The zero-order valence-electron chi connectivity index (χ0n) is 15.8. The van der Waals surface area contributed by atoms with E-state index >= 15 is 0 Å². The lowest BCUT2D eigenvalue weighted by molar-refractivity contribution is -0.139. The molecule has 9 nitrogen and oxygen atoms in total. The molecule has 0 unspecified atom stereocenters. The van der Waals surface area contributed by atoms with Crippen LogP contribution in [-0.2, 0) is 9.59 Å². The third-order valence-electron chi connectivity index (χ3n) is 3.95. The van der Waals surface area contributed by atoms with Crippen LogP contribution in [0.3, 0.4) is 0 Å². The van der Waals surface area contributed by atoms with Crippen LogP contribution >= 0.6 is 24.0 Å². The number of rotatable bonds is 7. The van der Waals surface area contributed by atoms with Gasteiger partial charge in [-0.1, -0.05) is 17.8 Å². The second-order valence-corrected chi connectivity index (χ2v) is 7.62. The molecule has 1 saturated heterocycles. The first kappa shape index (κ1) is 21.4. The fraction of sp³-hybridized carbons (Fsp3) is 0.158. The first-order valence-corrected chi connectivity index (χ1v) is 9.68. The number of nitrogens with zero attached hydrogens (tertiary/aromatic N) is 1. The van der Waals surface area contributed by atoms with Crippen molar-refractivity contribution in [3.63, 3.8) is 0 Å². The van der Waals surface area contributed by atoms with Crippen molar-refractivity contribution in [1.82, 2.24) is 10.4 Å². The van der Waals surface area contributed by atoms with Crippen molar-refractivity contribution in [2.75, 3.05) is 13.7 Å². The Kier molecular flexibility index (Phi) is 6.43. The Balaban J connectivity index is 1.77. The Labute approximate surface area is 180 Å². The van der Waals surface area contributed by atoms with Crippen LogP contribution in [0.2, 0.25) is 0 Å². The average molecular weight is 448 g/mol. The van der Waals surface area contributed by atoms with Gasteiger partial charge >= 0.3 is 5.97 Å². The van der Waals surface area contributed by atoms with Crippen molar-refractivity contribution in [2.24, 2.45) is 0 Å². The topological polar surface area (TPSA) is 118 Å². The number of carbonyl (C=O) groups excluding carboxylic acids is 2. The largest absolute Gasteiger partial charge is 0.493 e. The number of aryl methyl sites for hydroxylation is 1. The number of furan rings is 1. The number of aliphatic carboxylic acids is 1. The molecule has 0 saturated carbocycles. The maximum absolute atomic E-state index is 12.7. The molecule has 1 fully saturated rings. The fourth-order valence-corrected chi connectivity index (χ4v) is 3.71. The number of carbonyl (C=O) groups is 3. The summed E-state index contributed by atoms with van der Waals surface area (Å²) in [5.41, 5.74) is 3.38. The summed E-state index contributed by atoms with van der Waals surface area (Å²) in [5, 5.41) is 9.73. The van der Waals surface area contributed by atoms with Crippen LogP contribution in [0, 0.1) is 6.92 Å². The Morgan fingerprint density at radius 1 is 1.33 bits per heavy atom. The number of carboxylic acids is 1. The Hall–Kier alpha value is -3.31. The molecule has 3 rings (SSSR count). The monoisotopic (exact) mass is 448 g/mol. The highest BCUT2D eigenvalue weighted by Gasteiger charge is 2.34. The average Bonchev–Trinajstić information content (AvgIpc) is 3.25. The Morgan fingerprint density at radius 2 is 2.10 bits per heavy atom. The van der Waals surface area contributed by atoms with Crippen LogP contribution in [-0.4, -0.2) is 45.9 Å². The van der Waals surface area contributed by atoms with E-state index < -0.39 is 24.4 Å². The molecular weight excluding hydrogens is 432 g/mol. The first-order valence-electron chi connectivity index (χ1n) is 8.46. The number of benzene rings is 1. The molecular formula is C19H16N2O7S2. The molecule has 30 heavy (non-hydrogen) atoms. The summed E-state index contributed by atoms with van der Waals surface area (Å²) in [4.78, 5) is 36.0. The van der Waals surface area contributed by atoms with E-state index in [0.29, 0.717) is 27.5 Å². The SMILES string of the molecule is COc1cc(/C=C2/SC(=S)N(NC(=O)c3ccoc3C)C2=O)ccc1OCC(=O)O. The third-order valence-corrected chi connectivity index (χ3v) is 5.25. The molecule has 1 aromatic heterocycles. The molecule has 0 atom stereocenters. The number of hydrogen-bond donors (Lipinski definition) is 2. The molecule has 0 aliphatic carbocycles. The van der Waals surface area contributed by atoms with Crippen LogP contribution in [0.4, 0.5) is 0 Å². The molecule has 2 amide bonds. The molecule has 0 radical (unpaired) electrons. The van der Waals surface area contributed by atoms with Gasteiger partial charge in [0.15, 0.2) is 22.4 Å². The van der Waals surface area contributed by atoms with Gasteiger partial charge in [0.05, 0.1) is 23.8 Å². The van der Waals surface area contributed by atoms with Gasteiger partial charge in [-0.3, -0.25) is 15.0 Å². The quantitative estimate of drug-likeness (QED) is 0.487. The van der Waals surface area contributed by atoms with E-state index in [2.05, 4.69) is 5.43 Å². The van der Waals surface area contributed by atoms with Crippen molar-refractivity contribution in [3.8, 4) is 11.5 Å². The van der Waals surface area contributed by atoms with Crippen LogP contribution < -0.4 is 14.9 Å². The number of methoxy groups -OCH3 is 1. The number of thioether (sulfide) groups is 1. The highest BCUT2D eigenvalue weighted by molar-refractivity contribution is 8.26. The van der Waals surface area contributed by atoms with E-state index in [0.717, 1.165) is 16.8 Å². The summed E-state index contributed by atoms with van der Waals surface area (Å²) in [6, 6.07) is 6.27. The second kappa shape index (κ2) is 9.01. The number of carboxylic acid groups (broad SMARTS) is 1. The smallest absolute Gasteiger partial charge is 0.341 e. The first-order chi connectivity index (χ1) is 14.3. The number of hydrazine groups is 1. The zero-order valence-corrected chi connectivity index (χ0v) is 17.5. The second-order valence-electron chi connectivity index (χ2n) is 5.94. The van der Waals surface area contributed by atoms with Gasteiger partial charge in [0.25, 0.3) is 11.8 Å². The standard InChI is InChI=1S/C19H16N2O7S2/c1-10-12(5-6-27-10)17(24)20-21-18(25)15(30-19(21)29)8-11-3-4-13(14(7-11)26-2)28-9-16(22)23/h3-8H,9H2,1-2H3,(H,20,24)(H,22,23)/b15-8+. The number of ether oxygens (including phenoxy) is 2. The molecule has 1 aromatic carbocycles. The highest BCUT2D eigenvalue weighted by Crippen LogP contribution is 2.34. The van der Waals surface area contributed by atoms with Crippen molar-refractivity contribution in [3.05, 3.63) is 52.3 Å². The van der Waals surface area contributed by atoms with E-state index in [9.17, 15) is 14.4 Å². The molecule has 11 heteroatoms. The summed E-state index contributed by atoms with van der Waals surface area (Å²) in [6.45, 7) is 1.13. The fourth-order valence-electron chi connectivity index (χ4n) is 2.53. The molecule has 2 N–H and O–H groups in total. The van der Waals surface area contributed by atoms with Crippen LogP contribution in [0.5, 0.6) is 11.5 Å². The molecule has 2 aromatic rings. The minimum atomic E-state index is -1.11. The van der Waals surface area contributed by atoms with E-state index in [1.54, 1.807) is 25.1 Å². The van der Waals surface area contributed by atoms with Gasteiger partial charge in [-0.15, -0.1) is 0 Å². The van der Waals surface area contributed by atoms with Gasteiger partial charge in [-0.25, -0.2) is 4.79 Å². The number of thiocarbonyl (C=S) groups is 1. The van der Waals surface area contributed by atoms with E-state index in [1.165, 1.54) is 25.5 Å². The lowest BCUT2D eigenvalue weighted by Gasteiger charge is -2.15. The molecule has 1 aliphatic heterocycles. The van der Waals surface area contributed by atoms with Crippen molar-refractivity contribution in [1.29, 1.82) is 0 Å². The number of amides is 2. The lowest BCUT2D eigenvalue weighted by atomic mass is 10.2. The minimum Gasteiger partial charge on any atom is -0.493 e. The Morgan fingerprint density at radius 3 is 2.73 bits per heavy atom. The van der Waals surface area contributed by atoms with Crippen molar-refractivity contribution in [2.45, 2.75) is 6.92 Å². The molecule has 1 aliphatic rings. The summed E-state index contributed by atoms with van der Waals surface area (Å²) >= 11 is 6.24. The Bertz CT molecular complexity index is 1060. The van der Waals surface area contributed by atoms with Gasteiger partial charge < -0.3 is 19.0 Å².